The Balaban J connectivity index is 2.23. The van der Waals surface area contributed by atoms with E-state index in [1.54, 1.807) is 13.0 Å². The van der Waals surface area contributed by atoms with Crippen molar-refractivity contribution >= 4 is 11.9 Å². The number of carboxylic acids is 1. The number of hydrogen-bond acceptors (Lipinski definition) is 2. The molecule has 1 aromatic rings. The lowest BCUT2D eigenvalue weighted by molar-refractivity contribution is -0.143. The van der Waals surface area contributed by atoms with Crippen LogP contribution in [0.5, 0.6) is 0 Å². The summed E-state index contributed by atoms with van der Waals surface area (Å²) < 4.78 is 13.8. The van der Waals surface area contributed by atoms with E-state index < -0.39 is 23.6 Å². The number of halogens is 1. The monoisotopic (exact) mass is 279 g/mol. The van der Waals surface area contributed by atoms with Gasteiger partial charge in [0.15, 0.2) is 0 Å². The van der Waals surface area contributed by atoms with Gasteiger partial charge in [-0.1, -0.05) is 18.6 Å². The van der Waals surface area contributed by atoms with Crippen molar-refractivity contribution in [2.75, 3.05) is 13.1 Å². The lowest BCUT2D eigenvalue weighted by Crippen LogP contribution is -2.45. The Kier molecular flexibility index (Phi) is 4.06. The van der Waals surface area contributed by atoms with Crippen molar-refractivity contribution < 1.29 is 19.1 Å². The Bertz CT molecular complexity index is 544. The van der Waals surface area contributed by atoms with Crippen molar-refractivity contribution in [2.24, 2.45) is 11.8 Å². The van der Waals surface area contributed by atoms with Crippen molar-refractivity contribution in [2.45, 2.75) is 20.3 Å². The Labute approximate surface area is 117 Å². The third-order valence-electron chi connectivity index (χ3n) is 3.65. The van der Waals surface area contributed by atoms with E-state index in [0.29, 0.717) is 13.0 Å². The number of aryl methyl sites for hydroxylation is 1. The lowest BCUT2D eigenvalue weighted by Gasteiger charge is -2.34. The van der Waals surface area contributed by atoms with Crippen molar-refractivity contribution in [3.05, 3.63) is 35.1 Å². The molecule has 2 rings (SSSR count). The summed E-state index contributed by atoms with van der Waals surface area (Å²) in [6, 6.07) is 4.38. The molecule has 2 atom stereocenters. The average Bonchev–Trinajstić information content (AvgIpc) is 2.40. The van der Waals surface area contributed by atoms with Gasteiger partial charge in [-0.2, -0.15) is 0 Å². The second-order valence-corrected chi connectivity index (χ2v) is 5.57. The molecule has 1 fully saturated rings. The van der Waals surface area contributed by atoms with Gasteiger partial charge >= 0.3 is 5.97 Å². The molecule has 1 aliphatic heterocycles. The molecule has 108 valence electrons. The molecule has 4 nitrogen and oxygen atoms in total. The Morgan fingerprint density at radius 1 is 1.35 bits per heavy atom. The summed E-state index contributed by atoms with van der Waals surface area (Å²) in [6.45, 7) is 4.30. The predicted molar refractivity (Wildman–Crippen MR) is 71.9 cm³/mol. The van der Waals surface area contributed by atoms with Crippen LogP contribution >= 0.6 is 0 Å². The lowest BCUT2D eigenvalue weighted by atomic mass is 9.90. The van der Waals surface area contributed by atoms with Gasteiger partial charge in [-0.05, 0) is 31.4 Å². The van der Waals surface area contributed by atoms with E-state index in [2.05, 4.69) is 0 Å². The number of aliphatic carboxylic acids is 1. The number of likely N-dealkylation sites (tertiary alicyclic amines) is 1. The zero-order chi connectivity index (χ0) is 14.9. The number of amides is 1. The molecule has 0 radical (unpaired) electrons. The standard InChI is InChI=1S/C15H18FNO3/c1-9-3-4-13(16)12(6-9)14(18)17-7-10(2)5-11(8-17)15(19)20/h3-4,6,10-11H,5,7-8H2,1-2H3,(H,19,20). The zero-order valence-electron chi connectivity index (χ0n) is 11.6. The summed E-state index contributed by atoms with van der Waals surface area (Å²) in [5.41, 5.74) is 0.817. The third-order valence-corrected chi connectivity index (χ3v) is 3.65. The Morgan fingerprint density at radius 3 is 2.70 bits per heavy atom. The normalized spacial score (nSPS) is 22.6. The van der Waals surface area contributed by atoms with Gasteiger partial charge in [0.25, 0.3) is 5.91 Å². The minimum absolute atomic E-state index is 0.0169. The van der Waals surface area contributed by atoms with Gasteiger partial charge in [0, 0.05) is 13.1 Å². The van der Waals surface area contributed by atoms with E-state index in [1.165, 1.54) is 17.0 Å². The van der Waals surface area contributed by atoms with Crippen molar-refractivity contribution in [3.8, 4) is 0 Å². The van der Waals surface area contributed by atoms with Crippen LogP contribution < -0.4 is 0 Å². The molecular weight excluding hydrogens is 261 g/mol. The average molecular weight is 279 g/mol. The van der Waals surface area contributed by atoms with E-state index in [4.69, 9.17) is 5.11 Å². The van der Waals surface area contributed by atoms with Crippen molar-refractivity contribution in [1.82, 2.24) is 4.90 Å². The molecule has 1 aliphatic rings. The summed E-state index contributed by atoms with van der Waals surface area (Å²) in [6.07, 6.45) is 0.551. The van der Waals surface area contributed by atoms with E-state index in [9.17, 15) is 14.0 Å². The first-order valence-electron chi connectivity index (χ1n) is 6.66. The van der Waals surface area contributed by atoms with E-state index in [-0.39, 0.29) is 18.0 Å². The van der Waals surface area contributed by atoms with Crippen LogP contribution in [0, 0.1) is 24.6 Å². The molecule has 1 saturated heterocycles. The second kappa shape index (κ2) is 5.61. The highest BCUT2D eigenvalue weighted by molar-refractivity contribution is 5.95. The maximum Gasteiger partial charge on any atom is 0.308 e. The Morgan fingerprint density at radius 2 is 2.05 bits per heavy atom. The fraction of sp³-hybridized carbons (Fsp3) is 0.467. The maximum atomic E-state index is 13.8. The van der Waals surface area contributed by atoms with E-state index in [1.807, 2.05) is 6.92 Å². The molecule has 0 bridgehead atoms. The second-order valence-electron chi connectivity index (χ2n) is 5.57. The van der Waals surface area contributed by atoms with Crippen LogP contribution in [-0.2, 0) is 4.79 Å². The molecule has 0 saturated carbocycles. The van der Waals surface area contributed by atoms with Gasteiger partial charge in [0.05, 0.1) is 11.5 Å². The number of piperidine rings is 1. The molecule has 1 amide bonds. The zero-order valence-corrected chi connectivity index (χ0v) is 11.6. The number of carbonyl (C=O) groups excluding carboxylic acids is 1. The van der Waals surface area contributed by atoms with Gasteiger partial charge in [0.1, 0.15) is 5.82 Å². The van der Waals surface area contributed by atoms with E-state index in [0.717, 1.165) is 5.56 Å². The molecule has 0 aromatic heterocycles. The number of benzene rings is 1. The van der Waals surface area contributed by atoms with Crippen LogP contribution in [-0.4, -0.2) is 35.0 Å². The number of nitrogens with zero attached hydrogens (tertiary/aromatic N) is 1. The fourth-order valence-electron chi connectivity index (χ4n) is 2.67. The Hall–Kier alpha value is -1.91. The number of carboxylic acid groups (broad SMARTS) is 1. The SMILES string of the molecule is Cc1ccc(F)c(C(=O)N2CC(C)CC(C(=O)O)C2)c1. The van der Waals surface area contributed by atoms with Gasteiger partial charge in [-0.15, -0.1) is 0 Å². The number of hydrogen-bond donors (Lipinski definition) is 1. The molecule has 1 N–H and O–H groups in total. The highest BCUT2D eigenvalue weighted by atomic mass is 19.1. The first-order valence-corrected chi connectivity index (χ1v) is 6.66. The first kappa shape index (κ1) is 14.5. The van der Waals surface area contributed by atoms with Gasteiger partial charge < -0.3 is 10.0 Å². The molecular formula is C15H18FNO3. The summed E-state index contributed by atoms with van der Waals surface area (Å²) in [4.78, 5) is 24.9. The molecule has 1 aromatic carbocycles. The molecule has 5 heteroatoms. The van der Waals surface area contributed by atoms with E-state index >= 15 is 0 Å². The predicted octanol–water partition coefficient (Wildman–Crippen LogP) is 2.32. The van der Waals surface area contributed by atoms with Crippen LogP contribution in [0.3, 0.4) is 0 Å². The summed E-state index contributed by atoms with van der Waals surface area (Å²) >= 11 is 0. The highest BCUT2D eigenvalue weighted by Gasteiger charge is 2.32. The summed E-state index contributed by atoms with van der Waals surface area (Å²) in [5.74, 6) is -2.37. The maximum absolute atomic E-state index is 13.8. The minimum Gasteiger partial charge on any atom is -0.481 e. The number of rotatable bonds is 2. The largest absolute Gasteiger partial charge is 0.481 e. The quantitative estimate of drug-likeness (QED) is 0.903. The summed E-state index contributed by atoms with van der Waals surface area (Å²) in [5, 5.41) is 9.11. The minimum atomic E-state index is -0.904. The molecule has 0 aliphatic carbocycles. The summed E-state index contributed by atoms with van der Waals surface area (Å²) in [7, 11) is 0. The van der Waals surface area contributed by atoms with Crippen molar-refractivity contribution in [3.63, 3.8) is 0 Å². The molecule has 1 heterocycles. The molecule has 0 spiro atoms. The van der Waals surface area contributed by atoms with Gasteiger partial charge in [-0.3, -0.25) is 9.59 Å². The smallest absolute Gasteiger partial charge is 0.308 e. The van der Waals surface area contributed by atoms with Gasteiger partial charge in [-0.25, -0.2) is 4.39 Å². The highest BCUT2D eigenvalue weighted by Crippen LogP contribution is 2.24. The molecule has 2 unspecified atom stereocenters. The third kappa shape index (κ3) is 2.98. The molecule has 20 heavy (non-hydrogen) atoms. The number of carbonyl (C=O) groups is 2. The van der Waals surface area contributed by atoms with Crippen LogP contribution in [0.1, 0.15) is 29.3 Å². The van der Waals surface area contributed by atoms with Crippen LogP contribution in [0.2, 0.25) is 0 Å². The van der Waals surface area contributed by atoms with Gasteiger partial charge in [0.2, 0.25) is 0 Å². The first-order chi connectivity index (χ1) is 9.38. The van der Waals surface area contributed by atoms with Crippen LogP contribution in [0.4, 0.5) is 4.39 Å². The topological polar surface area (TPSA) is 57.6 Å². The fourth-order valence-corrected chi connectivity index (χ4v) is 2.67. The van der Waals surface area contributed by atoms with Crippen LogP contribution in [0.15, 0.2) is 18.2 Å². The van der Waals surface area contributed by atoms with Crippen LogP contribution in [0.25, 0.3) is 0 Å². The van der Waals surface area contributed by atoms with Crippen molar-refractivity contribution in [1.29, 1.82) is 0 Å².